The topological polar surface area (TPSA) is 60.2 Å². The van der Waals surface area contributed by atoms with E-state index in [2.05, 4.69) is 9.97 Å². The zero-order valence-corrected chi connectivity index (χ0v) is 18.8. The van der Waals surface area contributed by atoms with Crippen molar-refractivity contribution in [3.63, 3.8) is 0 Å². The second-order valence-electron chi connectivity index (χ2n) is 7.04. The summed E-state index contributed by atoms with van der Waals surface area (Å²) in [5.74, 6) is -1.16. The van der Waals surface area contributed by atoms with Crippen LogP contribution in [0.25, 0.3) is 10.2 Å². The summed E-state index contributed by atoms with van der Waals surface area (Å²) in [6.45, 7) is 2.74. The van der Waals surface area contributed by atoms with Gasteiger partial charge < -0.3 is 9.30 Å². The Morgan fingerprint density at radius 3 is 2.84 bits per heavy atom. The van der Waals surface area contributed by atoms with Crippen LogP contribution in [-0.4, -0.2) is 33.6 Å². The Kier molecular flexibility index (Phi) is 7.76. The van der Waals surface area contributed by atoms with Crippen molar-refractivity contribution in [3.8, 4) is 5.75 Å². The minimum atomic E-state index is -0.751. The molecule has 4 rings (SSSR count). The van der Waals surface area contributed by atoms with Gasteiger partial charge >= 0.3 is 0 Å². The summed E-state index contributed by atoms with van der Waals surface area (Å²) in [5, 5.41) is 0.308. The van der Waals surface area contributed by atoms with Gasteiger partial charge in [-0.15, -0.1) is 12.4 Å². The van der Waals surface area contributed by atoms with Crippen LogP contribution in [0.3, 0.4) is 0 Å². The van der Waals surface area contributed by atoms with Gasteiger partial charge in [-0.25, -0.2) is 18.7 Å². The molecule has 0 saturated carbocycles. The standard InChI is InChI=1S/C22H20F2N4O2S.ClH/c1-15-4-2-5-17(10-15)30-13-20(29)28(8-3-7-27-9-6-25-14-27)22-26-21-18(24)11-16(23)12-19(21)31-22;/h2,4-6,9-12,14H,3,7-8,13H2,1H3;1H. The third-order valence-electron chi connectivity index (χ3n) is 4.64. The summed E-state index contributed by atoms with van der Waals surface area (Å²) < 4.78 is 35.6. The Morgan fingerprint density at radius 1 is 1.25 bits per heavy atom. The van der Waals surface area contributed by atoms with E-state index in [0.29, 0.717) is 35.1 Å². The van der Waals surface area contributed by atoms with Crippen LogP contribution in [0.1, 0.15) is 12.0 Å². The molecule has 0 aliphatic carbocycles. The largest absolute Gasteiger partial charge is 0.484 e. The van der Waals surface area contributed by atoms with Gasteiger partial charge in [-0.2, -0.15) is 0 Å². The lowest BCUT2D eigenvalue weighted by atomic mass is 10.2. The van der Waals surface area contributed by atoms with Crippen LogP contribution in [0.5, 0.6) is 5.75 Å². The predicted octanol–water partition coefficient (Wildman–Crippen LogP) is 5.00. The average Bonchev–Trinajstić information content (AvgIpc) is 3.39. The molecule has 6 nitrogen and oxygen atoms in total. The summed E-state index contributed by atoms with van der Waals surface area (Å²) in [5.41, 5.74) is 1.07. The molecule has 0 radical (unpaired) electrons. The van der Waals surface area contributed by atoms with Gasteiger partial charge in [0.25, 0.3) is 5.91 Å². The molecule has 10 heteroatoms. The molecule has 2 aromatic carbocycles. The molecule has 0 atom stereocenters. The van der Waals surface area contributed by atoms with E-state index >= 15 is 0 Å². The normalized spacial score (nSPS) is 10.7. The van der Waals surface area contributed by atoms with Gasteiger partial charge in [-0.05, 0) is 37.1 Å². The highest BCUT2D eigenvalue weighted by molar-refractivity contribution is 7.22. The zero-order chi connectivity index (χ0) is 21.8. The fraction of sp³-hybridized carbons (Fsp3) is 0.227. The Balaban J connectivity index is 0.00000289. The first-order chi connectivity index (χ1) is 15.0. The second-order valence-corrected chi connectivity index (χ2v) is 8.04. The van der Waals surface area contributed by atoms with Crippen LogP contribution in [-0.2, 0) is 11.3 Å². The maximum atomic E-state index is 14.1. The first-order valence-electron chi connectivity index (χ1n) is 9.71. The summed E-state index contributed by atoms with van der Waals surface area (Å²) in [6.07, 6.45) is 5.84. The maximum Gasteiger partial charge on any atom is 0.266 e. The lowest BCUT2D eigenvalue weighted by molar-refractivity contribution is -0.120. The van der Waals surface area contributed by atoms with Gasteiger partial charge in [0.15, 0.2) is 17.6 Å². The molecule has 0 spiro atoms. The molecular weight excluding hydrogens is 458 g/mol. The SMILES string of the molecule is Cc1cccc(OCC(=O)N(CCCn2ccnc2)c2nc3c(F)cc(F)cc3s2)c1.Cl. The number of thiazole rings is 1. The Morgan fingerprint density at radius 2 is 2.09 bits per heavy atom. The summed E-state index contributed by atoms with van der Waals surface area (Å²) in [4.78, 5) is 22.7. The van der Waals surface area contributed by atoms with E-state index in [4.69, 9.17) is 4.74 Å². The van der Waals surface area contributed by atoms with Gasteiger partial charge in [0.2, 0.25) is 0 Å². The minimum absolute atomic E-state index is 0. The van der Waals surface area contributed by atoms with E-state index in [1.807, 2.05) is 35.9 Å². The molecule has 0 aliphatic rings. The number of nitrogens with zero attached hydrogens (tertiary/aromatic N) is 4. The summed E-state index contributed by atoms with van der Waals surface area (Å²) >= 11 is 1.07. The molecule has 0 unspecified atom stereocenters. The highest BCUT2D eigenvalue weighted by Crippen LogP contribution is 2.31. The van der Waals surface area contributed by atoms with Crippen LogP contribution in [0.2, 0.25) is 0 Å². The third kappa shape index (κ3) is 5.60. The van der Waals surface area contributed by atoms with Crippen molar-refractivity contribution >= 4 is 45.0 Å². The number of carbonyl (C=O) groups is 1. The van der Waals surface area contributed by atoms with Crippen molar-refractivity contribution in [2.24, 2.45) is 0 Å². The third-order valence-corrected chi connectivity index (χ3v) is 5.67. The zero-order valence-electron chi connectivity index (χ0n) is 17.2. The van der Waals surface area contributed by atoms with E-state index in [0.717, 1.165) is 23.0 Å². The fourth-order valence-corrected chi connectivity index (χ4v) is 4.19. The molecule has 0 N–H and O–H groups in total. The van der Waals surface area contributed by atoms with E-state index in [-0.39, 0.29) is 30.4 Å². The highest BCUT2D eigenvalue weighted by Gasteiger charge is 2.22. The van der Waals surface area contributed by atoms with Crippen LogP contribution in [0, 0.1) is 18.6 Å². The smallest absolute Gasteiger partial charge is 0.266 e. The molecule has 0 saturated heterocycles. The van der Waals surface area contributed by atoms with Gasteiger partial charge in [-0.1, -0.05) is 23.5 Å². The second kappa shape index (κ2) is 10.5. The number of aryl methyl sites for hydroxylation is 2. The van der Waals surface area contributed by atoms with Gasteiger partial charge in [0, 0.05) is 31.5 Å². The monoisotopic (exact) mass is 478 g/mol. The molecule has 0 aliphatic heterocycles. The van der Waals surface area contributed by atoms with E-state index in [9.17, 15) is 13.6 Å². The van der Waals surface area contributed by atoms with Crippen molar-refractivity contribution in [1.82, 2.24) is 14.5 Å². The maximum absolute atomic E-state index is 14.1. The lowest BCUT2D eigenvalue weighted by Crippen LogP contribution is -2.36. The van der Waals surface area contributed by atoms with Crippen molar-refractivity contribution in [3.05, 3.63) is 72.3 Å². The average molecular weight is 479 g/mol. The van der Waals surface area contributed by atoms with Crippen molar-refractivity contribution in [2.75, 3.05) is 18.1 Å². The number of ether oxygens (including phenoxy) is 1. The Hall–Kier alpha value is -3.04. The molecule has 168 valence electrons. The quantitative estimate of drug-likeness (QED) is 0.357. The Labute approximate surface area is 193 Å². The van der Waals surface area contributed by atoms with Crippen molar-refractivity contribution in [1.29, 1.82) is 0 Å². The number of fused-ring (bicyclic) bond motifs is 1. The number of hydrogen-bond donors (Lipinski definition) is 0. The van der Waals surface area contributed by atoms with E-state index in [1.165, 1.54) is 11.0 Å². The molecule has 2 heterocycles. The number of amides is 1. The molecular formula is C22H21ClF2N4O2S. The van der Waals surface area contributed by atoms with Crippen molar-refractivity contribution < 1.29 is 18.3 Å². The van der Waals surface area contributed by atoms with Crippen LogP contribution < -0.4 is 9.64 Å². The number of rotatable bonds is 8. The van der Waals surface area contributed by atoms with Gasteiger partial charge in [0.1, 0.15) is 17.1 Å². The predicted molar refractivity (Wildman–Crippen MR) is 123 cm³/mol. The first-order valence-corrected chi connectivity index (χ1v) is 10.5. The Bertz CT molecular complexity index is 1200. The van der Waals surface area contributed by atoms with Crippen LogP contribution >= 0.6 is 23.7 Å². The number of carbonyl (C=O) groups excluding carboxylic acids is 1. The molecule has 4 aromatic rings. The lowest BCUT2D eigenvalue weighted by Gasteiger charge is -2.20. The fourth-order valence-electron chi connectivity index (χ4n) is 3.15. The number of anilines is 1. The van der Waals surface area contributed by atoms with Gasteiger partial charge in [-0.3, -0.25) is 9.69 Å². The van der Waals surface area contributed by atoms with E-state index in [1.54, 1.807) is 18.6 Å². The van der Waals surface area contributed by atoms with Crippen molar-refractivity contribution in [2.45, 2.75) is 19.9 Å². The minimum Gasteiger partial charge on any atom is -0.484 e. The highest BCUT2D eigenvalue weighted by atomic mass is 35.5. The molecule has 1 amide bonds. The number of aromatic nitrogens is 3. The van der Waals surface area contributed by atoms with Crippen LogP contribution in [0.15, 0.2) is 55.1 Å². The number of hydrogen-bond acceptors (Lipinski definition) is 5. The number of halogens is 3. The summed E-state index contributed by atoms with van der Waals surface area (Å²) in [6, 6.07) is 9.41. The molecule has 0 bridgehead atoms. The summed E-state index contributed by atoms with van der Waals surface area (Å²) in [7, 11) is 0. The molecule has 2 aromatic heterocycles. The van der Waals surface area contributed by atoms with E-state index < -0.39 is 11.6 Å². The first kappa shape index (κ1) is 23.6. The van der Waals surface area contributed by atoms with Gasteiger partial charge in [0.05, 0.1) is 11.0 Å². The number of imidazole rings is 1. The number of benzene rings is 2. The van der Waals surface area contributed by atoms with Crippen LogP contribution in [0.4, 0.5) is 13.9 Å². The molecule has 0 fully saturated rings. The molecule has 32 heavy (non-hydrogen) atoms.